The van der Waals surface area contributed by atoms with Gasteiger partial charge >= 0.3 is 0 Å². The van der Waals surface area contributed by atoms with Crippen LogP contribution in [0.4, 0.5) is 0 Å². The van der Waals surface area contributed by atoms with Gasteiger partial charge in [0, 0.05) is 18.6 Å². The number of para-hydroxylation sites is 1. The number of carbonyl (C=O) groups excluding carboxylic acids is 1. The highest BCUT2D eigenvalue weighted by Crippen LogP contribution is 2.37. The molecule has 1 saturated carbocycles. The largest absolute Gasteiger partial charge is 0.493 e. The van der Waals surface area contributed by atoms with Gasteiger partial charge in [-0.1, -0.05) is 12.1 Å². The molecule has 1 amide bonds. The van der Waals surface area contributed by atoms with E-state index in [1.165, 1.54) is 0 Å². The summed E-state index contributed by atoms with van der Waals surface area (Å²) in [5.41, 5.74) is 6.72. The Morgan fingerprint density at radius 1 is 1.48 bits per heavy atom. The van der Waals surface area contributed by atoms with Gasteiger partial charge in [0.2, 0.25) is 0 Å². The summed E-state index contributed by atoms with van der Waals surface area (Å²) in [6.07, 6.45) is 2.22. The molecule has 1 aliphatic heterocycles. The molecule has 5 nitrogen and oxygen atoms in total. The van der Waals surface area contributed by atoms with Gasteiger partial charge < -0.3 is 20.5 Å². The van der Waals surface area contributed by atoms with E-state index in [4.69, 9.17) is 15.2 Å². The van der Waals surface area contributed by atoms with Crippen LogP contribution in [0.15, 0.2) is 24.3 Å². The van der Waals surface area contributed by atoms with E-state index in [0.29, 0.717) is 23.8 Å². The summed E-state index contributed by atoms with van der Waals surface area (Å²) < 4.78 is 11.2. The molecule has 4 unspecified atom stereocenters. The Morgan fingerprint density at radius 2 is 2.29 bits per heavy atom. The van der Waals surface area contributed by atoms with Crippen molar-refractivity contribution in [1.29, 1.82) is 0 Å². The van der Waals surface area contributed by atoms with Crippen LogP contribution in [0.2, 0.25) is 0 Å². The number of nitrogens with two attached hydrogens (primary N) is 1. The lowest BCUT2D eigenvalue weighted by Gasteiger charge is -2.52. The zero-order valence-corrected chi connectivity index (χ0v) is 12.2. The van der Waals surface area contributed by atoms with Crippen LogP contribution in [0, 0.1) is 5.92 Å². The van der Waals surface area contributed by atoms with E-state index in [9.17, 15) is 4.79 Å². The van der Waals surface area contributed by atoms with E-state index >= 15 is 0 Å². The normalized spacial score (nSPS) is 31.0. The van der Waals surface area contributed by atoms with E-state index in [0.717, 1.165) is 19.4 Å². The van der Waals surface area contributed by atoms with Crippen molar-refractivity contribution in [2.24, 2.45) is 11.7 Å². The number of ether oxygens (including phenoxy) is 2. The molecule has 1 aromatic carbocycles. The summed E-state index contributed by atoms with van der Waals surface area (Å²) in [7, 11) is 0. The molecule has 4 atom stereocenters. The zero-order chi connectivity index (χ0) is 14.8. The minimum Gasteiger partial charge on any atom is -0.493 e. The van der Waals surface area contributed by atoms with Crippen LogP contribution < -0.4 is 15.8 Å². The minimum atomic E-state index is -0.146. The predicted octanol–water partition coefficient (Wildman–Crippen LogP) is 1.32. The quantitative estimate of drug-likeness (QED) is 0.877. The van der Waals surface area contributed by atoms with Crippen LogP contribution in [0.25, 0.3) is 0 Å². The van der Waals surface area contributed by atoms with Gasteiger partial charge in [0.15, 0.2) is 0 Å². The molecule has 1 aliphatic carbocycles. The molecule has 0 radical (unpaired) electrons. The number of carbonyl (C=O) groups is 1. The van der Waals surface area contributed by atoms with Crippen molar-refractivity contribution in [1.82, 2.24) is 5.32 Å². The number of rotatable bonds is 4. The summed E-state index contributed by atoms with van der Waals surface area (Å²) in [6.45, 7) is 3.19. The first kappa shape index (κ1) is 14.4. The molecule has 3 rings (SSSR count). The number of amides is 1. The highest BCUT2D eigenvalue weighted by atomic mass is 16.5. The van der Waals surface area contributed by atoms with Crippen molar-refractivity contribution in [2.45, 2.75) is 38.0 Å². The number of fused-ring (bicyclic) bond motifs is 1. The smallest absolute Gasteiger partial charge is 0.255 e. The van der Waals surface area contributed by atoms with E-state index < -0.39 is 0 Å². The van der Waals surface area contributed by atoms with Gasteiger partial charge in [0.05, 0.1) is 24.3 Å². The summed E-state index contributed by atoms with van der Waals surface area (Å²) in [5.74, 6) is 0.838. The fourth-order valence-corrected chi connectivity index (χ4v) is 3.29. The summed E-state index contributed by atoms with van der Waals surface area (Å²) in [6, 6.07) is 7.15. The maximum absolute atomic E-state index is 12.5. The van der Waals surface area contributed by atoms with Crippen molar-refractivity contribution in [3.8, 4) is 5.75 Å². The lowest BCUT2D eigenvalue weighted by atomic mass is 9.68. The van der Waals surface area contributed by atoms with Crippen LogP contribution in [0.3, 0.4) is 0 Å². The third-order valence-corrected chi connectivity index (χ3v) is 4.41. The Labute approximate surface area is 124 Å². The maximum Gasteiger partial charge on any atom is 0.255 e. The average molecular weight is 290 g/mol. The fraction of sp³-hybridized carbons (Fsp3) is 0.562. The topological polar surface area (TPSA) is 73.6 Å². The molecule has 5 heteroatoms. The lowest BCUT2D eigenvalue weighted by Crippen LogP contribution is -2.72. The SMILES string of the molecule is CCOc1ccccc1C(=O)NC1C(N)C2CCCOC21. The van der Waals surface area contributed by atoms with Crippen molar-refractivity contribution in [2.75, 3.05) is 13.2 Å². The van der Waals surface area contributed by atoms with Crippen molar-refractivity contribution >= 4 is 5.91 Å². The molecule has 114 valence electrons. The summed E-state index contributed by atoms with van der Waals surface area (Å²) >= 11 is 0. The van der Waals surface area contributed by atoms with Gasteiger partial charge in [0.1, 0.15) is 5.75 Å². The standard InChI is InChI=1S/C16H22N2O3/c1-2-20-12-8-4-3-6-10(12)16(19)18-14-13(17)11-7-5-9-21-15(11)14/h3-4,6,8,11,13-15H,2,5,7,9,17H2,1H3,(H,18,19). The minimum absolute atomic E-state index is 0.0153. The number of benzene rings is 1. The van der Waals surface area contributed by atoms with Gasteiger partial charge in [-0.05, 0) is 31.9 Å². The van der Waals surface area contributed by atoms with E-state index in [-0.39, 0.29) is 24.1 Å². The molecule has 1 heterocycles. The second kappa shape index (κ2) is 6.03. The fourth-order valence-electron chi connectivity index (χ4n) is 3.29. The Hall–Kier alpha value is -1.59. The molecule has 1 aromatic rings. The highest BCUT2D eigenvalue weighted by Gasteiger charge is 2.51. The zero-order valence-electron chi connectivity index (χ0n) is 12.2. The van der Waals surface area contributed by atoms with Gasteiger partial charge in [-0.2, -0.15) is 0 Å². The van der Waals surface area contributed by atoms with Crippen molar-refractivity contribution in [3.05, 3.63) is 29.8 Å². The maximum atomic E-state index is 12.5. The number of hydrogen-bond donors (Lipinski definition) is 2. The summed E-state index contributed by atoms with van der Waals surface area (Å²) in [4.78, 5) is 12.5. The molecule has 3 N–H and O–H groups in total. The van der Waals surface area contributed by atoms with Gasteiger partial charge in [0.25, 0.3) is 5.91 Å². The van der Waals surface area contributed by atoms with E-state index in [1.807, 2.05) is 19.1 Å². The van der Waals surface area contributed by atoms with Crippen LogP contribution in [0.5, 0.6) is 5.75 Å². The third kappa shape index (κ3) is 2.63. The monoisotopic (exact) mass is 290 g/mol. The van der Waals surface area contributed by atoms with Crippen LogP contribution in [-0.4, -0.2) is 37.3 Å². The Kier molecular flexibility index (Phi) is 4.12. The first-order chi connectivity index (χ1) is 10.2. The molecular formula is C16H22N2O3. The van der Waals surface area contributed by atoms with Crippen LogP contribution in [0.1, 0.15) is 30.1 Å². The van der Waals surface area contributed by atoms with E-state index in [2.05, 4.69) is 5.32 Å². The third-order valence-electron chi connectivity index (χ3n) is 4.41. The van der Waals surface area contributed by atoms with Gasteiger partial charge in [-0.25, -0.2) is 0 Å². The molecule has 0 spiro atoms. The molecule has 0 aromatic heterocycles. The molecular weight excluding hydrogens is 268 g/mol. The number of hydrogen-bond acceptors (Lipinski definition) is 4. The lowest BCUT2D eigenvalue weighted by molar-refractivity contribution is -0.117. The second-order valence-corrected chi connectivity index (χ2v) is 5.65. The first-order valence-electron chi connectivity index (χ1n) is 7.62. The van der Waals surface area contributed by atoms with Crippen molar-refractivity contribution < 1.29 is 14.3 Å². The molecule has 2 fully saturated rings. The Bertz CT molecular complexity index is 520. The van der Waals surface area contributed by atoms with E-state index in [1.54, 1.807) is 12.1 Å². The molecule has 0 bridgehead atoms. The molecule has 1 saturated heterocycles. The Balaban J connectivity index is 1.69. The molecule has 21 heavy (non-hydrogen) atoms. The summed E-state index contributed by atoms with van der Waals surface area (Å²) in [5, 5.41) is 3.01. The second-order valence-electron chi connectivity index (χ2n) is 5.65. The van der Waals surface area contributed by atoms with Crippen LogP contribution in [-0.2, 0) is 4.74 Å². The predicted molar refractivity (Wildman–Crippen MR) is 79.3 cm³/mol. The van der Waals surface area contributed by atoms with Crippen molar-refractivity contribution in [3.63, 3.8) is 0 Å². The molecule has 2 aliphatic rings. The van der Waals surface area contributed by atoms with Gasteiger partial charge in [-0.15, -0.1) is 0 Å². The van der Waals surface area contributed by atoms with Crippen LogP contribution >= 0.6 is 0 Å². The van der Waals surface area contributed by atoms with Gasteiger partial charge in [-0.3, -0.25) is 4.79 Å². The Morgan fingerprint density at radius 3 is 3.10 bits per heavy atom. The first-order valence-corrected chi connectivity index (χ1v) is 7.62. The highest BCUT2D eigenvalue weighted by molar-refractivity contribution is 5.97. The number of nitrogens with one attached hydrogen (secondary N) is 1. The average Bonchev–Trinajstić information content (AvgIpc) is 2.53.